The van der Waals surface area contributed by atoms with Crippen molar-refractivity contribution < 1.29 is 9.53 Å². The molecule has 3 saturated carbocycles. The second kappa shape index (κ2) is 3.52. The number of esters is 1. The van der Waals surface area contributed by atoms with Crippen molar-refractivity contribution in [2.75, 3.05) is 6.61 Å². The summed E-state index contributed by atoms with van der Waals surface area (Å²) in [5.74, 6) is 1.74. The molecular formula is C16H26O2. The van der Waals surface area contributed by atoms with Crippen LogP contribution >= 0.6 is 0 Å². The third kappa shape index (κ3) is 1.88. The van der Waals surface area contributed by atoms with E-state index in [-0.39, 0.29) is 11.4 Å². The van der Waals surface area contributed by atoms with Crippen LogP contribution in [0.2, 0.25) is 0 Å². The number of rotatable bonds is 2. The lowest BCUT2D eigenvalue weighted by Crippen LogP contribution is -2.36. The van der Waals surface area contributed by atoms with Gasteiger partial charge in [0.15, 0.2) is 0 Å². The van der Waals surface area contributed by atoms with Crippen LogP contribution in [0.1, 0.15) is 59.8 Å². The molecule has 2 bridgehead atoms. The SMILES string of the molecule is CC1CC2(COC(=O)C(C)(C)C)CC3CC3(C1)C2. The normalized spacial score (nSPS) is 45.6. The van der Waals surface area contributed by atoms with Crippen molar-refractivity contribution in [1.29, 1.82) is 0 Å². The van der Waals surface area contributed by atoms with Crippen molar-refractivity contribution in [3.8, 4) is 0 Å². The maximum absolute atomic E-state index is 11.9. The first-order valence-corrected chi connectivity index (χ1v) is 7.42. The first kappa shape index (κ1) is 12.5. The standard InChI is InChI=1S/C16H26O2/c1-11-5-15(10-18-13(17)14(2,3)4)7-12-8-16(12,6-11)9-15/h11-12H,5-10H2,1-4H3. The van der Waals surface area contributed by atoms with E-state index in [4.69, 9.17) is 4.74 Å². The zero-order valence-electron chi connectivity index (χ0n) is 12.2. The number of hydrogen-bond donors (Lipinski definition) is 0. The van der Waals surface area contributed by atoms with Gasteiger partial charge in [-0.15, -0.1) is 0 Å². The molecule has 0 amide bonds. The van der Waals surface area contributed by atoms with Crippen molar-refractivity contribution in [1.82, 2.24) is 0 Å². The number of fused-ring (bicyclic) bond motifs is 1. The minimum atomic E-state index is -0.365. The molecule has 2 heteroatoms. The highest BCUT2D eigenvalue weighted by Gasteiger charge is 2.67. The van der Waals surface area contributed by atoms with Crippen LogP contribution in [-0.2, 0) is 9.53 Å². The molecule has 3 aliphatic rings. The lowest BCUT2D eigenvalue weighted by atomic mass is 9.68. The predicted octanol–water partition coefficient (Wildman–Crippen LogP) is 3.79. The van der Waals surface area contributed by atoms with E-state index in [0.717, 1.165) is 11.8 Å². The summed E-state index contributed by atoms with van der Waals surface area (Å²) in [7, 11) is 0. The topological polar surface area (TPSA) is 26.3 Å². The summed E-state index contributed by atoms with van der Waals surface area (Å²) in [5, 5.41) is 0. The van der Waals surface area contributed by atoms with Crippen molar-refractivity contribution in [3.05, 3.63) is 0 Å². The molecule has 0 aliphatic heterocycles. The number of ether oxygens (including phenoxy) is 1. The van der Waals surface area contributed by atoms with Crippen molar-refractivity contribution >= 4 is 5.97 Å². The minimum absolute atomic E-state index is 0.0373. The van der Waals surface area contributed by atoms with E-state index in [1.807, 2.05) is 20.8 Å². The van der Waals surface area contributed by atoms with Crippen LogP contribution in [0, 0.1) is 28.1 Å². The van der Waals surface area contributed by atoms with Gasteiger partial charge in [-0.2, -0.15) is 0 Å². The third-order valence-electron chi connectivity index (χ3n) is 5.42. The molecule has 0 aromatic carbocycles. The molecule has 0 heterocycles. The lowest BCUT2D eigenvalue weighted by molar-refractivity contribution is -0.158. The molecule has 3 aliphatic carbocycles. The Morgan fingerprint density at radius 2 is 1.94 bits per heavy atom. The molecule has 102 valence electrons. The van der Waals surface area contributed by atoms with Gasteiger partial charge < -0.3 is 4.74 Å². The summed E-state index contributed by atoms with van der Waals surface area (Å²) in [5.41, 5.74) is 0.642. The minimum Gasteiger partial charge on any atom is -0.465 e. The molecule has 4 unspecified atom stereocenters. The Balaban J connectivity index is 1.65. The quantitative estimate of drug-likeness (QED) is 0.697. The molecular weight excluding hydrogens is 224 g/mol. The highest BCUT2D eigenvalue weighted by molar-refractivity contribution is 5.75. The molecule has 0 aromatic heterocycles. The van der Waals surface area contributed by atoms with E-state index in [1.165, 1.54) is 32.1 Å². The molecule has 2 nitrogen and oxygen atoms in total. The van der Waals surface area contributed by atoms with E-state index in [1.54, 1.807) is 0 Å². The van der Waals surface area contributed by atoms with Gasteiger partial charge in [-0.3, -0.25) is 4.79 Å². The maximum atomic E-state index is 11.9. The van der Waals surface area contributed by atoms with Crippen LogP contribution in [0.3, 0.4) is 0 Å². The summed E-state index contributed by atoms with van der Waals surface area (Å²) >= 11 is 0. The average molecular weight is 250 g/mol. The van der Waals surface area contributed by atoms with Crippen LogP contribution < -0.4 is 0 Å². The van der Waals surface area contributed by atoms with Crippen molar-refractivity contribution in [3.63, 3.8) is 0 Å². The van der Waals surface area contributed by atoms with Gasteiger partial charge in [0.25, 0.3) is 0 Å². The number of carbonyl (C=O) groups is 1. The van der Waals surface area contributed by atoms with Crippen molar-refractivity contribution in [2.45, 2.75) is 59.8 Å². The number of hydrogen-bond acceptors (Lipinski definition) is 2. The highest BCUT2D eigenvalue weighted by Crippen LogP contribution is 2.75. The Labute approximate surface area is 110 Å². The molecule has 0 radical (unpaired) electrons. The van der Waals surface area contributed by atoms with Crippen LogP contribution in [0.4, 0.5) is 0 Å². The van der Waals surface area contributed by atoms with Gasteiger partial charge in [0.1, 0.15) is 0 Å². The van der Waals surface area contributed by atoms with Gasteiger partial charge in [-0.1, -0.05) is 6.92 Å². The largest absolute Gasteiger partial charge is 0.465 e. The van der Waals surface area contributed by atoms with E-state index in [9.17, 15) is 4.79 Å². The summed E-state index contributed by atoms with van der Waals surface area (Å²) < 4.78 is 5.64. The summed E-state index contributed by atoms with van der Waals surface area (Å²) in [6.07, 6.45) is 6.78. The Morgan fingerprint density at radius 3 is 2.61 bits per heavy atom. The Hall–Kier alpha value is -0.530. The molecule has 0 N–H and O–H groups in total. The second-order valence-corrected chi connectivity index (χ2v) is 8.48. The molecule has 0 saturated heterocycles. The third-order valence-corrected chi connectivity index (χ3v) is 5.42. The monoisotopic (exact) mass is 250 g/mol. The lowest BCUT2D eigenvalue weighted by Gasteiger charge is -2.39. The van der Waals surface area contributed by atoms with Crippen LogP contribution in [0.25, 0.3) is 0 Å². The average Bonchev–Trinajstić information content (AvgIpc) is 2.76. The first-order chi connectivity index (χ1) is 8.25. The maximum Gasteiger partial charge on any atom is 0.311 e. The first-order valence-electron chi connectivity index (χ1n) is 7.42. The van der Waals surface area contributed by atoms with Gasteiger partial charge in [0.05, 0.1) is 12.0 Å². The van der Waals surface area contributed by atoms with Crippen LogP contribution in [0.15, 0.2) is 0 Å². The fraction of sp³-hybridized carbons (Fsp3) is 0.938. The fourth-order valence-electron chi connectivity index (χ4n) is 4.87. The summed E-state index contributed by atoms with van der Waals surface area (Å²) in [6.45, 7) is 8.85. The molecule has 3 rings (SSSR count). The second-order valence-electron chi connectivity index (χ2n) is 8.48. The van der Waals surface area contributed by atoms with E-state index < -0.39 is 0 Å². The fourth-order valence-corrected chi connectivity index (χ4v) is 4.87. The van der Waals surface area contributed by atoms with Gasteiger partial charge >= 0.3 is 5.97 Å². The Kier molecular flexibility index (Phi) is 2.44. The van der Waals surface area contributed by atoms with E-state index >= 15 is 0 Å². The number of carbonyl (C=O) groups excluding carboxylic acids is 1. The van der Waals surface area contributed by atoms with E-state index in [2.05, 4.69) is 6.92 Å². The highest BCUT2D eigenvalue weighted by atomic mass is 16.5. The molecule has 18 heavy (non-hydrogen) atoms. The Bertz CT molecular complexity index is 377. The molecule has 3 fully saturated rings. The van der Waals surface area contributed by atoms with Gasteiger partial charge in [0, 0.05) is 5.41 Å². The van der Waals surface area contributed by atoms with Crippen LogP contribution in [0.5, 0.6) is 0 Å². The van der Waals surface area contributed by atoms with Crippen LogP contribution in [-0.4, -0.2) is 12.6 Å². The summed E-state index contributed by atoms with van der Waals surface area (Å²) in [6, 6.07) is 0. The van der Waals surface area contributed by atoms with Gasteiger partial charge in [0.2, 0.25) is 0 Å². The molecule has 4 atom stereocenters. The molecule has 0 aromatic rings. The van der Waals surface area contributed by atoms with Crippen molar-refractivity contribution in [2.24, 2.45) is 28.1 Å². The zero-order valence-corrected chi connectivity index (χ0v) is 12.2. The van der Waals surface area contributed by atoms with E-state index in [0.29, 0.717) is 17.4 Å². The molecule has 1 spiro atoms. The van der Waals surface area contributed by atoms with Gasteiger partial charge in [-0.05, 0) is 70.1 Å². The smallest absolute Gasteiger partial charge is 0.311 e. The predicted molar refractivity (Wildman–Crippen MR) is 71.0 cm³/mol. The Morgan fingerprint density at radius 1 is 1.22 bits per heavy atom. The van der Waals surface area contributed by atoms with Gasteiger partial charge in [-0.25, -0.2) is 0 Å². The zero-order chi connectivity index (χ0) is 13.2. The summed E-state index contributed by atoms with van der Waals surface area (Å²) in [4.78, 5) is 11.9.